The highest BCUT2D eigenvalue weighted by molar-refractivity contribution is 7.90. The van der Waals surface area contributed by atoms with Crippen LogP contribution in [0.2, 0.25) is 0 Å². The molecule has 0 N–H and O–H groups in total. The lowest BCUT2D eigenvalue weighted by atomic mass is 10.3. The van der Waals surface area contributed by atoms with Crippen molar-refractivity contribution in [3.63, 3.8) is 0 Å². The Morgan fingerprint density at radius 2 is 2.20 bits per heavy atom. The van der Waals surface area contributed by atoms with Crippen molar-refractivity contribution in [2.24, 2.45) is 0 Å². The van der Waals surface area contributed by atoms with Gasteiger partial charge in [0.15, 0.2) is 9.84 Å². The molecular formula is C8H7N3O2S2. The average molecular weight is 241 g/mol. The van der Waals surface area contributed by atoms with Gasteiger partial charge in [-0.2, -0.15) is 4.37 Å². The molecule has 2 aromatic heterocycles. The minimum atomic E-state index is -3.28. The number of hydrogen-bond acceptors (Lipinski definition) is 6. The van der Waals surface area contributed by atoms with E-state index in [4.69, 9.17) is 0 Å². The number of hydrogen-bond donors (Lipinski definition) is 0. The fraction of sp³-hybridized carbons (Fsp3) is 0.125. The Morgan fingerprint density at radius 1 is 1.40 bits per heavy atom. The van der Waals surface area contributed by atoms with Crippen molar-refractivity contribution in [1.29, 1.82) is 0 Å². The first-order valence-electron chi connectivity index (χ1n) is 4.00. The highest BCUT2D eigenvalue weighted by Gasteiger charge is 2.16. The van der Waals surface area contributed by atoms with E-state index in [2.05, 4.69) is 14.3 Å². The first kappa shape index (κ1) is 10.2. The van der Waals surface area contributed by atoms with Crippen LogP contribution in [0.5, 0.6) is 0 Å². The van der Waals surface area contributed by atoms with Crippen LogP contribution in [-0.4, -0.2) is 29.0 Å². The van der Waals surface area contributed by atoms with E-state index in [1.165, 1.54) is 18.7 Å². The number of nitrogens with zero attached hydrogens (tertiary/aromatic N) is 3. The van der Waals surface area contributed by atoms with E-state index in [-0.39, 0.29) is 4.90 Å². The first-order chi connectivity index (χ1) is 7.09. The Morgan fingerprint density at radius 3 is 2.80 bits per heavy atom. The van der Waals surface area contributed by atoms with Gasteiger partial charge in [0.2, 0.25) is 0 Å². The molecule has 5 nitrogen and oxygen atoms in total. The first-order valence-corrected chi connectivity index (χ1v) is 6.66. The minimum absolute atomic E-state index is 0.182. The maximum absolute atomic E-state index is 11.5. The monoisotopic (exact) mass is 241 g/mol. The predicted octanol–water partition coefficient (Wildman–Crippen LogP) is 1.00. The second-order valence-corrected chi connectivity index (χ2v) is 5.65. The maximum Gasteiger partial charge on any atom is 0.177 e. The third kappa shape index (κ3) is 2.02. The molecular weight excluding hydrogens is 234 g/mol. The number of sulfone groups is 1. The van der Waals surface area contributed by atoms with Crippen LogP contribution in [-0.2, 0) is 9.84 Å². The summed E-state index contributed by atoms with van der Waals surface area (Å²) in [5, 5.41) is 0.581. The Labute approximate surface area is 90.9 Å². The maximum atomic E-state index is 11.5. The van der Waals surface area contributed by atoms with E-state index in [1.807, 2.05) is 0 Å². The fourth-order valence-corrected chi connectivity index (χ4v) is 2.59. The van der Waals surface area contributed by atoms with Crippen LogP contribution in [0, 0.1) is 0 Å². The molecule has 0 aliphatic rings. The van der Waals surface area contributed by atoms with E-state index in [9.17, 15) is 8.42 Å². The lowest BCUT2D eigenvalue weighted by Gasteiger charge is -2.02. The van der Waals surface area contributed by atoms with Gasteiger partial charge in [0.05, 0.1) is 4.90 Å². The summed E-state index contributed by atoms with van der Waals surface area (Å²) in [7, 11) is -3.28. The lowest BCUT2D eigenvalue weighted by molar-refractivity contribution is 0.602. The second-order valence-electron chi connectivity index (χ2n) is 2.89. The normalized spacial score (nSPS) is 11.5. The minimum Gasteiger partial charge on any atom is -0.263 e. The summed E-state index contributed by atoms with van der Waals surface area (Å²) in [6.45, 7) is 0. The molecule has 0 unspecified atom stereocenters. The Bertz CT molecular complexity index is 563. The van der Waals surface area contributed by atoms with Gasteiger partial charge in [-0.25, -0.2) is 13.4 Å². The lowest BCUT2D eigenvalue weighted by Crippen LogP contribution is -2.00. The molecule has 0 aliphatic heterocycles. The van der Waals surface area contributed by atoms with Crippen LogP contribution in [0.4, 0.5) is 0 Å². The van der Waals surface area contributed by atoms with E-state index in [0.29, 0.717) is 10.6 Å². The zero-order chi connectivity index (χ0) is 10.9. The zero-order valence-corrected chi connectivity index (χ0v) is 9.42. The summed E-state index contributed by atoms with van der Waals surface area (Å²) in [5.41, 5.74) is 0.551. The highest BCUT2D eigenvalue weighted by Crippen LogP contribution is 2.26. The summed E-state index contributed by atoms with van der Waals surface area (Å²) < 4.78 is 26.8. The zero-order valence-electron chi connectivity index (χ0n) is 7.78. The molecule has 7 heteroatoms. The van der Waals surface area contributed by atoms with Crippen LogP contribution in [0.15, 0.2) is 29.7 Å². The Balaban J connectivity index is 2.68. The summed E-state index contributed by atoms with van der Waals surface area (Å²) >= 11 is 1.15. The number of pyridine rings is 1. The van der Waals surface area contributed by atoms with Gasteiger partial charge in [0, 0.05) is 24.2 Å². The van der Waals surface area contributed by atoms with Gasteiger partial charge in [-0.15, -0.1) is 0 Å². The average Bonchev–Trinajstić information content (AvgIpc) is 2.69. The molecule has 2 rings (SSSR count). The van der Waals surface area contributed by atoms with Gasteiger partial charge >= 0.3 is 0 Å². The SMILES string of the molecule is CS(=O)(=O)c1cnccc1-c1ncns1. The van der Waals surface area contributed by atoms with Crippen molar-refractivity contribution in [3.8, 4) is 10.6 Å². The van der Waals surface area contributed by atoms with Crippen LogP contribution >= 0.6 is 11.5 Å². The fourth-order valence-electron chi connectivity index (χ4n) is 1.14. The summed E-state index contributed by atoms with van der Waals surface area (Å²) in [6, 6.07) is 1.62. The van der Waals surface area contributed by atoms with E-state index in [0.717, 1.165) is 17.8 Å². The molecule has 0 fully saturated rings. The van der Waals surface area contributed by atoms with E-state index < -0.39 is 9.84 Å². The van der Waals surface area contributed by atoms with Gasteiger partial charge in [0.25, 0.3) is 0 Å². The van der Waals surface area contributed by atoms with Crippen molar-refractivity contribution >= 4 is 21.4 Å². The van der Waals surface area contributed by atoms with Crippen molar-refractivity contribution in [1.82, 2.24) is 14.3 Å². The van der Waals surface area contributed by atoms with Gasteiger partial charge in [-0.1, -0.05) is 0 Å². The van der Waals surface area contributed by atoms with Gasteiger partial charge in [-0.3, -0.25) is 4.98 Å². The van der Waals surface area contributed by atoms with Crippen LogP contribution in [0.1, 0.15) is 0 Å². The molecule has 0 saturated carbocycles. The topological polar surface area (TPSA) is 72.8 Å². The third-order valence-electron chi connectivity index (χ3n) is 1.78. The van der Waals surface area contributed by atoms with Gasteiger partial charge in [-0.05, 0) is 17.6 Å². The van der Waals surface area contributed by atoms with Crippen molar-refractivity contribution in [3.05, 3.63) is 24.8 Å². The highest BCUT2D eigenvalue weighted by atomic mass is 32.2. The van der Waals surface area contributed by atoms with E-state index >= 15 is 0 Å². The molecule has 0 saturated heterocycles. The molecule has 2 aromatic rings. The van der Waals surface area contributed by atoms with Crippen molar-refractivity contribution in [2.75, 3.05) is 6.26 Å². The van der Waals surface area contributed by atoms with Crippen LogP contribution < -0.4 is 0 Å². The van der Waals surface area contributed by atoms with Crippen molar-refractivity contribution in [2.45, 2.75) is 4.90 Å². The molecule has 0 bridgehead atoms. The standard InChI is InChI=1S/C8H7N3O2S2/c1-15(12,13)7-4-9-3-2-6(7)8-10-5-11-14-8/h2-5H,1H3. The largest absolute Gasteiger partial charge is 0.263 e. The number of rotatable bonds is 2. The second kappa shape index (κ2) is 3.67. The van der Waals surface area contributed by atoms with Crippen LogP contribution in [0.25, 0.3) is 10.6 Å². The predicted molar refractivity (Wildman–Crippen MR) is 56.2 cm³/mol. The summed E-state index contributed by atoms with van der Waals surface area (Å²) in [4.78, 5) is 7.96. The third-order valence-corrected chi connectivity index (χ3v) is 3.60. The van der Waals surface area contributed by atoms with E-state index in [1.54, 1.807) is 6.07 Å². The molecule has 0 spiro atoms. The molecule has 15 heavy (non-hydrogen) atoms. The molecule has 78 valence electrons. The summed E-state index contributed by atoms with van der Waals surface area (Å²) in [5.74, 6) is 0. The quantitative estimate of drug-likeness (QED) is 0.784. The van der Waals surface area contributed by atoms with Crippen LogP contribution in [0.3, 0.4) is 0 Å². The molecule has 0 atom stereocenters. The molecule has 0 amide bonds. The smallest absolute Gasteiger partial charge is 0.177 e. The molecule has 0 radical (unpaired) electrons. The molecule has 0 aromatic carbocycles. The molecule has 0 aliphatic carbocycles. The Kier molecular flexibility index (Phi) is 2.49. The Hall–Kier alpha value is -1.34. The van der Waals surface area contributed by atoms with Gasteiger partial charge < -0.3 is 0 Å². The van der Waals surface area contributed by atoms with Gasteiger partial charge in [0.1, 0.15) is 11.3 Å². The number of aromatic nitrogens is 3. The van der Waals surface area contributed by atoms with Crippen molar-refractivity contribution < 1.29 is 8.42 Å². The summed E-state index contributed by atoms with van der Waals surface area (Å²) in [6.07, 6.45) is 5.40. The molecule has 2 heterocycles.